The van der Waals surface area contributed by atoms with Crippen molar-refractivity contribution in [1.82, 2.24) is 0 Å². The molecule has 0 heterocycles. The predicted octanol–water partition coefficient (Wildman–Crippen LogP) is 4.15. The van der Waals surface area contributed by atoms with Crippen LogP contribution in [0.3, 0.4) is 0 Å². The number of rotatable bonds is 4. The molecule has 0 amide bonds. The fourth-order valence-corrected chi connectivity index (χ4v) is 3.17. The molecule has 1 unspecified atom stereocenters. The maximum Gasteiger partial charge on any atom is 0.157 e. The van der Waals surface area contributed by atoms with Gasteiger partial charge in [-0.2, -0.15) is 5.26 Å². The predicted molar refractivity (Wildman–Crippen MR) is 82.3 cm³/mol. The Hall–Kier alpha value is -1.82. The van der Waals surface area contributed by atoms with Crippen molar-refractivity contribution in [1.29, 1.82) is 5.26 Å². The van der Waals surface area contributed by atoms with Crippen molar-refractivity contribution in [3.8, 4) is 11.8 Å². The molecule has 2 rings (SSSR count). The third kappa shape index (κ3) is 3.64. The lowest BCUT2D eigenvalue weighted by molar-refractivity contribution is -0.123. The Morgan fingerprint density at radius 2 is 1.95 bits per heavy atom. The highest BCUT2D eigenvalue weighted by Gasteiger charge is 2.30. The van der Waals surface area contributed by atoms with Gasteiger partial charge < -0.3 is 4.74 Å². The van der Waals surface area contributed by atoms with Gasteiger partial charge in [0.1, 0.15) is 11.7 Å². The van der Waals surface area contributed by atoms with Crippen molar-refractivity contribution < 1.29 is 9.53 Å². The summed E-state index contributed by atoms with van der Waals surface area (Å²) in [7, 11) is 1.58. The second-order valence-electron chi connectivity index (χ2n) is 5.90. The van der Waals surface area contributed by atoms with E-state index in [1.807, 2.05) is 25.1 Å². The fraction of sp³-hybridized carbons (Fsp3) is 0.556. The standard InChI is InChI=1S/C18H23NO2/c1-13-9-10-17(21-2)15(11-13)16(12-19)18(20)14-7-5-3-4-6-8-14/h9-11,14,16H,3-8H2,1-2H3. The van der Waals surface area contributed by atoms with Crippen LogP contribution in [0.4, 0.5) is 0 Å². The molecular weight excluding hydrogens is 262 g/mol. The number of hydrogen-bond acceptors (Lipinski definition) is 3. The Bertz CT molecular complexity index is 537. The quantitative estimate of drug-likeness (QED) is 0.781. The van der Waals surface area contributed by atoms with Gasteiger partial charge in [-0.25, -0.2) is 0 Å². The largest absolute Gasteiger partial charge is 0.496 e. The van der Waals surface area contributed by atoms with Gasteiger partial charge in [-0.3, -0.25) is 4.79 Å². The van der Waals surface area contributed by atoms with Crippen LogP contribution in [0.1, 0.15) is 55.6 Å². The lowest BCUT2D eigenvalue weighted by atomic mass is 9.84. The summed E-state index contributed by atoms with van der Waals surface area (Å²) in [6, 6.07) is 7.89. The van der Waals surface area contributed by atoms with Crippen LogP contribution in [-0.2, 0) is 4.79 Å². The number of Topliss-reactive ketones (excluding diaryl/α,β-unsaturated/α-hetero) is 1. The molecule has 3 nitrogen and oxygen atoms in total. The number of hydrogen-bond donors (Lipinski definition) is 0. The zero-order chi connectivity index (χ0) is 15.2. The van der Waals surface area contributed by atoms with Crippen molar-refractivity contribution in [2.45, 2.75) is 51.4 Å². The summed E-state index contributed by atoms with van der Waals surface area (Å²) in [5.41, 5.74) is 1.76. The number of carbonyl (C=O) groups is 1. The van der Waals surface area contributed by atoms with Gasteiger partial charge in [0.05, 0.1) is 13.2 Å². The first-order valence-corrected chi connectivity index (χ1v) is 7.75. The molecule has 1 fully saturated rings. The SMILES string of the molecule is COc1ccc(C)cc1C(C#N)C(=O)C1CCCCCC1. The fourth-order valence-electron chi connectivity index (χ4n) is 3.17. The molecule has 1 aliphatic carbocycles. The van der Waals surface area contributed by atoms with Gasteiger partial charge in [-0.15, -0.1) is 0 Å². The molecule has 0 saturated heterocycles. The molecule has 1 aromatic carbocycles. The second kappa shape index (κ2) is 7.26. The molecule has 0 spiro atoms. The van der Waals surface area contributed by atoms with E-state index in [0.717, 1.165) is 31.2 Å². The first-order valence-electron chi connectivity index (χ1n) is 7.75. The van der Waals surface area contributed by atoms with Gasteiger partial charge >= 0.3 is 0 Å². The summed E-state index contributed by atoms with van der Waals surface area (Å²) in [6.45, 7) is 1.97. The van der Waals surface area contributed by atoms with Crippen LogP contribution in [0.15, 0.2) is 18.2 Å². The van der Waals surface area contributed by atoms with Crippen LogP contribution in [0.2, 0.25) is 0 Å². The minimum Gasteiger partial charge on any atom is -0.496 e. The Morgan fingerprint density at radius 3 is 2.52 bits per heavy atom. The lowest BCUT2D eigenvalue weighted by Crippen LogP contribution is -2.21. The van der Waals surface area contributed by atoms with E-state index >= 15 is 0 Å². The Kier molecular flexibility index (Phi) is 5.38. The molecule has 0 bridgehead atoms. The highest BCUT2D eigenvalue weighted by Crippen LogP contribution is 2.33. The summed E-state index contributed by atoms with van der Waals surface area (Å²) in [5, 5.41) is 9.54. The minimum atomic E-state index is -0.706. The van der Waals surface area contributed by atoms with E-state index in [9.17, 15) is 10.1 Å². The number of ketones is 1. The molecular formula is C18H23NO2. The van der Waals surface area contributed by atoms with E-state index in [1.165, 1.54) is 12.8 Å². The smallest absolute Gasteiger partial charge is 0.157 e. The van der Waals surface area contributed by atoms with Gasteiger partial charge in [0.15, 0.2) is 5.78 Å². The van der Waals surface area contributed by atoms with Crippen LogP contribution >= 0.6 is 0 Å². The summed E-state index contributed by atoms with van der Waals surface area (Å²) in [5.74, 6) is 0.0303. The van der Waals surface area contributed by atoms with E-state index in [-0.39, 0.29) is 11.7 Å². The summed E-state index contributed by atoms with van der Waals surface area (Å²) >= 11 is 0. The van der Waals surface area contributed by atoms with Crippen LogP contribution < -0.4 is 4.74 Å². The van der Waals surface area contributed by atoms with Crippen molar-refractivity contribution in [2.24, 2.45) is 5.92 Å². The van der Waals surface area contributed by atoms with E-state index < -0.39 is 5.92 Å². The average molecular weight is 285 g/mol. The van der Waals surface area contributed by atoms with Crippen molar-refractivity contribution >= 4 is 5.78 Å². The molecule has 3 heteroatoms. The highest BCUT2D eigenvalue weighted by atomic mass is 16.5. The normalized spacial score (nSPS) is 17.6. The van der Waals surface area contributed by atoms with Crippen LogP contribution in [0, 0.1) is 24.2 Å². The third-order valence-corrected chi connectivity index (χ3v) is 4.37. The maximum absolute atomic E-state index is 12.8. The number of benzene rings is 1. The molecule has 0 N–H and O–H groups in total. The Balaban J connectivity index is 2.28. The summed E-state index contributed by atoms with van der Waals surface area (Å²) < 4.78 is 5.34. The van der Waals surface area contributed by atoms with Crippen LogP contribution in [0.25, 0.3) is 0 Å². The molecule has 1 aliphatic rings. The van der Waals surface area contributed by atoms with E-state index in [4.69, 9.17) is 4.74 Å². The zero-order valence-electron chi connectivity index (χ0n) is 12.9. The van der Waals surface area contributed by atoms with Gasteiger partial charge in [0.25, 0.3) is 0 Å². The number of ether oxygens (including phenoxy) is 1. The molecule has 1 saturated carbocycles. The molecule has 21 heavy (non-hydrogen) atoms. The van der Waals surface area contributed by atoms with Gasteiger partial charge in [0.2, 0.25) is 0 Å². The van der Waals surface area contributed by atoms with Crippen LogP contribution in [-0.4, -0.2) is 12.9 Å². The maximum atomic E-state index is 12.8. The summed E-state index contributed by atoms with van der Waals surface area (Å²) in [6.07, 6.45) is 6.44. The Labute approximate surface area is 126 Å². The number of methoxy groups -OCH3 is 1. The van der Waals surface area contributed by atoms with Crippen molar-refractivity contribution in [3.63, 3.8) is 0 Å². The van der Waals surface area contributed by atoms with Crippen molar-refractivity contribution in [3.05, 3.63) is 29.3 Å². The van der Waals surface area contributed by atoms with E-state index in [0.29, 0.717) is 11.3 Å². The van der Waals surface area contributed by atoms with E-state index in [2.05, 4.69) is 6.07 Å². The number of carbonyl (C=O) groups excluding carboxylic acids is 1. The molecule has 0 aliphatic heterocycles. The third-order valence-electron chi connectivity index (χ3n) is 4.37. The van der Waals surface area contributed by atoms with Gasteiger partial charge in [0, 0.05) is 11.5 Å². The number of aryl methyl sites for hydroxylation is 1. The van der Waals surface area contributed by atoms with Crippen LogP contribution in [0.5, 0.6) is 5.75 Å². The highest BCUT2D eigenvalue weighted by molar-refractivity contribution is 5.91. The first kappa shape index (κ1) is 15.6. The molecule has 112 valence electrons. The molecule has 0 radical (unpaired) electrons. The van der Waals surface area contributed by atoms with Gasteiger partial charge in [-0.1, -0.05) is 43.4 Å². The summed E-state index contributed by atoms with van der Waals surface area (Å²) in [4.78, 5) is 12.8. The number of nitrogens with zero attached hydrogens (tertiary/aromatic N) is 1. The molecule has 1 aromatic rings. The minimum absolute atomic E-state index is 0.0300. The zero-order valence-corrected chi connectivity index (χ0v) is 12.9. The molecule has 0 aromatic heterocycles. The lowest BCUT2D eigenvalue weighted by Gasteiger charge is -2.19. The van der Waals surface area contributed by atoms with Gasteiger partial charge in [-0.05, 0) is 25.8 Å². The first-order chi connectivity index (χ1) is 10.2. The number of nitriles is 1. The van der Waals surface area contributed by atoms with E-state index in [1.54, 1.807) is 7.11 Å². The van der Waals surface area contributed by atoms with Crippen molar-refractivity contribution in [2.75, 3.05) is 7.11 Å². The monoisotopic (exact) mass is 285 g/mol. The molecule has 1 atom stereocenters. The second-order valence-corrected chi connectivity index (χ2v) is 5.90. The topological polar surface area (TPSA) is 50.1 Å². The Morgan fingerprint density at radius 1 is 1.29 bits per heavy atom. The average Bonchev–Trinajstić information content (AvgIpc) is 2.77.